The van der Waals surface area contributed by atoms with Crippen molar-refractivity contribution in [1.29, 1.82) is 0 Å². The predicted octanol–water partition coefficient (Wildman–Crippen LogP) is 5.03. The highest BCUT2D eigenvalue weighted by Gasteiger charge is 2.22. The van der Waals surface area contributed by atoms with Crippen molar-refractivity contribution in [3.8, 4) is 22.5 Å². The van der Waals surface area contributed by atoms with Gasteiger partial charge in [0.15, 0.2) is 11.4 Å². The molecule has 6 rings (SSSR count). The standard InChI is InChI=1S/C23H21N5O2S/c24-23-22-17(7-20(30-22)19-12-31-21-10-25-6-5-16(19)21)18(9-26-23)13-8-27-28(11-13)14-1-3-15(29)4-2-14/h5-12,14-15,29H,1-4H2,(H2,24,26). The van der Waals surface area contributed by atoms with Gasteiger partial charge < -0.3 is 15.3 Å². The van der Waals surface area contributed by atoms with Crippen molar-refractivity contribution in [3.63, 3.8) is 0 Å². The predicted molar refractivity (Wildman–Crippen MR) is 122 cm³/mol. The van der Waals surface area contributed by atoms with E-state index in [1.807, 2.05) is 29.2 Å². The van der Waals surface area contributed by atoms with E-state index in [0.29, 0.717) is 17.4 Å². The molecule has 0 atom stereocenters. The van der Waals surface area contributed by atoms with Crippen LogP contribution in [-0.2, 0) is 0 Å². The number of pyridine rings is 2. The molecule has 156 valence electrons. The Kier molecular flexibility index (Phi) is 4.29. The van der Waals surface area contributed by atoms with Crippen molar-refractivity contribution in [2.45, 2.75) is 37.8 Å². The second-order valence-electron chi connectivity index (χ2n) is 8.10. The van der Waals surface area contributed by atoms with Gasteiger partial charge in [-0.05, 0) is 37.8 Å². The number of anilines is 1. The molecule has 0 aromatic carbocycles. The summed E-state index contributed by atoms with van der Waals surface area (Å²) in [5, 5.41) is 18.5. The lowest BCUT2D eigenvalue weighted by Gasteiger charge is -2.25. The Morgan fingerprint density at radius 3 is 2.84 bits per heavy atom. The molecule has 5 heterocycles. The van der Waals surface area contributed by atoms with E-state index in [2.05, 4.69) is 26.6 Å². The summed E-state index contributed by atoms with van der Waals surface area (Å²) in [6.07, 6.45) is 12.7. The number of aliphatic hydroxyl groups excluding tert-OH is 1. The van der Waals surface area contributed by atoms with Crippen LogP contribution in [0.15, 0.2) is 52.9 Å². The molecule has 0 bridgehead atoms. The van der Waals surface area contributed by atoms with Crippen LogP contribution in [0.5, 0.6) is 0 Å². The van der Waals surface area contributed by atoms with E-state index in [-0.39, 0.29) is 6.10 Å². The molecule has 8 heteroatoms. The second kappa shape index (κ2) is 7.18. The van der Waals surface area contributed by atoms with Gasteiger partial charge in [-0.1, -0.05) is 0 Å². The summed E-state index contributed by atoms with van der Waals surface area (Å²) in [5.74, 6) is 1.14. The quantitative estimate of drug-likeness (QED) is 0.415. The number of nitrogens with two attached hydrogens (primary N) is 1. The molecule has 0 aliphatic heterocycles. The molecule has 1 fully saturated rings. The summed E-state index contributed by atoms with van der Waals surface area (Å²) < 4.78 is 9.32. The van der Waals surface area contributed by atoms with Crippen molar-refractivity contribution < 1.29 is 9.52 Å². The molecule has 1 aliphatic carbocycles. The van der Waals surface area contributed by atoms with Crippen molar-refractivity contribution in [2.24, 2.45) is 0 Å². The van der Waals surface area contributed by atoms with Gasteiger partial charge in [-0.2, -0.15) is 5.10 Å². The number of nitrogen functional groups attached to an aromatic ring is 1. The number of nitrogens with zero attached hydrogens (tertiary/aromatic N) is 4. The molecule has 31 heavy (non-hydrogen) atoms. The zero-order chi connectivity index (χ0) is 20.9. The van der Waals surface area contributed by atoms with Crippen LogP contribution in [-0.4, -0.2) is 31.0 Å². The maximum absolute atomic E-state index is 9.79. The lowest BCUT2D eigenvalue weighted by Crippen LogP contribution is -2.21. The minimum atomic E-state index is -0.180. The smallest absolute Gasteiger partial charge is 0.177 e. The Morgan fingerprint density at radius 1 is 1.10 bits per heavy atom. The SMILES string of the molecule is Nc1ncc(-c2cnn(C3CCC(O)CC3)c2)c2cc(-c3csc4cnccc34)oc12. The third-order valence-corrected chi connectivity index (χ3v) is 7.12. The summed E-state index contributed by atoms with van der Waals surface area (Å²) in [6, 6.07) is 4.36. The Labute approximate surface area is 182 Å². The van der Waals surface area contributed by atoms with Crippen molar-refractivity contribution in [1.82, 2.24) is 19.7 Å². The number of fused-ring (bicyclic) bond motifs is 2. The Morgan fingerprint density at radius 2 is 1.97 bits per heavy atom. The van der Waals surface area contributed by atoms with E-state index in [4.69, 9.17) is 10.2 Å². The van der Waals surface area contributed by atoms with Crippen LogP contribution >= 0.6 is 11.3 Å². The molecule has 1 saturated carbocycles. The maximum Gasteiger partial charge on any atom is 0.177 e. The average Bonchev–Trinajstić information content (AvgIpc) is 3.52. The Bertz CT molecular complexity index is 1390. The van der Waals surface area contributed by atoms with Gasteiger partial charge in [-0.15, -0.1) is 11.3 Å². The topological polar surface area (TPSA) is 103 Å². The number of furan rings is 1. The third-order valence-electron chi connectivity index (χ3n) is 6.18. The van der Waals surface area contributed by atoms with Crippen LogP contribution in [0.3, 0.4) is 0 Å². The largest absolute Gasteiger partial charge is 0.452 e. The molecule has 7 nitrogen and oxygen atoms in total. The normalized spacial score (nSPS) is 19.4. The van der Waals surface area contributed by atoms with Gasteiger partial charge in [-0.25, -0.2) is 4.98 Å². The molecule has 1 aliphatic rings. The van der Waals surface area contributed by atoms with E-state index in [9.17, 15) is 5.11 Å². The highest BCUT2D eigenvalue weighted by Crippen LogP contribution is 2.40. The van der Waals surface area contributed by atoms with Crippen molar-refractivity contribution in [3.05, 3.63) is 48.5 Å². The summed E-state index contributed by atoms with van der Waals surface area (Å²) in [4.78, 5) is 8.58. The summed E-state index contributed by atoms with van der Waals surface area (Å²) in [7, 11) is 0. The lowest BCUT2D eigenvalue weighted by molar-refractivity contribution is 0.108. The molecule has 5 aromatic rings. The van der Waals surface area contributed by atoms with Crippen LogP contribution in [0.2, 0.25) is 0 Å². The van der Waals surface area contributed by atoms with Crippen molar-refractivity contribution in [2.75, 3.05) is 5.73 Å². The molecule has 0 spiro atoms. The molecule has 0 radical (unpaired) electrons. The first kappa shape index (κ1) is 18.5. The maximum atomic E-state index is 9.79. The third kappa shape index (κ3) is 3.10. The molecule has 3 N–H and O–H groups in total. The van der Waals surface area contributed by atoms with Gasteiger partial charge in [0, 0.05) is 57.6 Å². The molecular formula is C23H21N5O2S. The first-order chi connectivity index (χ1) is 15.2. The second-order valence-corrected chi connectivity index (χ2v) is 9.01. The molecule has 0 amide bonds. The fourth-order valence-corrected chi connectivity index (χ4v) is 5.39. The fourth-order valence-electron chi connectivity index (χ4n) is 4.48. The highest BCUT2D eigenvalue weighted by molar-refractivity contribution is 7.17. The van der Waals surface area contributed by atoms with Gasteiger partial charge in [-0.3, -0.25) is 9.67 Å². The van der Waals surface area contributed by atoms with E-state index in [1.165, 1.54) is 0 Å². The van der Waals surface area contributed by atoms with Crippen LogP contribution in [0.4, 0.5) is 5.82 Å². The lowest BCUT2D eigenvalue weighted by atomic mass is 9.93. The number of rotatable bonds is 3. The van der Waals surface area contributed by atoms with Gasteiger partial charge >= 0.3 is 0 Å². The average molecular weight is 432 g/mol. The zero-order valence-corrected chi connectivity index (χ0v) is 17.5. The molecule has 0 unspecified atom stereocenters. The Balaban J connectivity index is 1.43. The zero-order valence-electron chi connectivity index (χ0n) is 16.7. The molecular weight excluding hydrogens is 410 g/mol. The van der Waals surface area contributed by atoms with E-state index < -0.39 is 0 Å². The molecule has 0 saturated heterocycles. The van der Waals surface area contributed by atoms with Gasteiger partial charge in [0.1, 0.15) is 5.76 Å². The van der Waals surface area contributed by atoms with E-state index >= 15 is 0 Å². The van der Waals surface area contributed by atoms with Crippen LogP contribution in [0.25, 0.3) is 43.5 Å². The minimum absolute atomic E-state index is 0.180. The monoisotopic (exact) mass is 431 g/mol. The van der Waals surface area contributed by atoms with E-state index in [1.54, 1.807) is 23.7 Å². The van der Waals surface area contributed by atoms with Gasteiger partial charge in [0.2, 0.25) is 0 Å². The first-order valence-corrected chi connectivity index (χ1v) is 11.3. The summed E-state index contributed by atoms with van der Waals surface area (Å²) in [5.41, 5.74) is 9.71. The number of aromatic nitrogens is 4. The van der Waals surface area contributed by atoms with Crippen LogP contribution in [0.1, 0.15) is 31.7 Å². The number of hydrogen-bond acceptors (Lipinski definition) is 7. The minimum Gasteiger partial charge on any atom is -0.452 e. The fraction of sp³-hybridized carbons (Fsp3) is 0.261. The summed E-state index contributed by atoms with van der Waals surface area (Å²) >= 11 is 1.64. The van der Waals surface area contributed by atoms with Gasteiger partial charge in [0.05, 0.1) is 23.0 Å². The Hall–Kier alpha value is -3.23. The van der Waals surface area contributed by atoms with Crippen LogP contribution in [0, 0.1) is 0 Å². The first-order valence-electron chi connectivity index (χ1n) is 10.4. The number of thiophene rings is 1. The summed E-state index contributed by atoms with van der Waals surface area (Å²) in [6.45, 7) is 0. The van der Waals surface area contributed by atoms with E-state index in [0.717, 1.165) is 63.6 Å². The highest BCUT2D eigenvalue weighted by atomic mass is 32.1. The van der Waals surface area contributed by atoms with Gasteiger partial charge in [0.25, 0.3) is 0 Å². The number of hydrogen-bond donors (Lipinski definition) is 2. The number of aliphatic hydroxyl groups is 1. The van der Waals surface area contributed by atoms with Crippen molar-refractivity contribution >= 4 is 38.2 Å². The molecule has 5 aromatic heterocycles. The van der Waals surface area contributed by atoms with Crippen LogP contribution < -0.4 is 5.73 Å².